The van der Waals surface area contributed by atoms with E-state index in [0.29, 0.717) is 0 Å². The van der Waals surface area contributed by atoms with Crippen LogP contribution in [-0.2, 0) is 10.2 Å². The molecule has 2 aromatic carbocycles. The summed E-state index contributed by atoms with van der Waals surface area (Å²) in [4.78, 5) is 12.8. The fraction of sp³-hybridized carbons (Fsp3) is 0.158. The van der Waals surface area contributed by atoms with Crippen LogP contribution in [0.3, 0.4) is 0 Å². The highest BCUT2D eigenvalue weighted by molar-refractivity contribution is 6.07. The number of fused-ring (bicyclic) bond motifs is 1. The molecule has 2 atom stereocenters. The van der Waals surface area contributed by atoms with E-state index in [2.05, 4.69) is 18.0 Å². The van der Waals surface area contributed by atoms with Crippen molar-refractivity contribution in [1.82, 2.24) is 0 Å². The maximum atomic E-state index is 12.8. The number of carbonyl (C=O) groups excluding carboxylic acids is 1. The van der Waals surface area contributed by atoms with Gasteiger partial charge in [-0.3, -0.25) is 4.79 Å². The lowest BCUT2D eigenvalue weighted by atomic mass is 9.66. The summed E-state index contributed by atoms with van der Waals surface area (Å²) in [5.41, 5.74) is 1.72. The molecule has 1 aliphatic rings. The standard InChI is InChI=1S/C19H16N2O/c1-2-15(14-8-4-3-5-9-14)19(12-13-20)16-10-6-7-11-17(16)21-18(19)22/h2-11,15H,1,12H2,(H,21,22)/t15-,19-/m1/s1. The van der Waals surface area contributed by atoms with E-state index in [1.165, 1.54) is 0 Å². The van der Waals surface area contributed by atoms with Gasteiger partial charge in [-0.05, 0) is 17.2 Å². The van der Waals surface area contributed by atoms with Gasteiger partial charge in [-0.2, -0.15) is 5.26 Å². The first kappa shape index (κ1) is 14.1. The molecule has 0 radical (unpaired) electrons. The van der Waals surface area contributed by atoms with Crippen LogP contribution in [0.4, 0.5) is 5.69 Å². The van der Waals surface area contributed by atoms with Gasteiger partial charge in [0.2, 0.25) is 5.91 Å². The minimum atomic E-state index is -0.922. The summed E-state index contributed by atoms with van der Waals surface area (Å²) >= 11 is 0. The van der Waals surface area contributed by atoms with Gasteiger partial charge in [0.05, 0.1) is 17.9 Å². The van der Waals surface area contributed by atoms with Gasteiger partial charge in [0.15, 0.2) is 0 Å². The molecule has 0 spiro atoms. The lowest BCUT2D eigenvalue weighted by Gasteiger charge is -2.32. The predicted molar refractivity (Wildman–Crippen MR) is 86.4 cm³/mol. The summed E-state index contributed by atoms with van der Waals surface area (Å²) in [5.74, 6) is -0.388. The van der Waals surface area contributed by atoms with Crippen LogP contribution in [0.1, 0.15) is 23.5 Å². The zero-order valence-corrected chi connectivity index (χ0v) is 12.1. The van der Waals surface area contributed by atoms with E-state index in [1.807, 2.05) is 54.6 Å². The number of allylic oxidation sites excluding steroid dienone is 1. The van der Waals surface area contributed by atoms with E-state index in [9.17, 15) is 10.1 Å². The largest absolute Gasteiger partial charge is 0.325 e. The third kappa shape index (κ3) is 1.93. The molecular formula is C19H16N2O. The molecule has 0 saturated heterocycles. The molecule has 1 amide bonds. The molecule has 108 valence electrons. The first-order valence-corrected chi connectivity index (χ1v) is 7.19. The van der Waals surface area contributed by atoms with E-state index >= 15 is 0 Å². The number of hydrogen-bond acceptors (Lipinski definition) is 2. The van der Waals surface area contributed by atoms with Crippen LogP contribution in [-0.4, -0.2) is 5.91 Å². The molecule has 2 aromatic rings. The van der Waals surface area contributed by atoms with Crippen molar-refractivity contribution in [2.75, 3.05) is 5.32 Å². The van der Waals surface area contributed by atoms with Gasteiger partial charge in [0.25, 0.3) is 0 Å². The minimum absolute atomic E-state index is 0.113. The van der Waals surface area contributed by atoms with E-state index < -0.39 is 5.41 Å². The van der Waals surface area contributed by atoms with E-state index in [-0.39, 0.29) is 18.2 Å². The van der Waals surface area contributed by atoms with Crippen molar-refractivity contribution in [3.63, 3.8) is 0 Å². The Balaban J connectivity index is 2.23. The highest BCUT2D eigenvalue weighted by Gasteiger charge is 2.51. The first-order valence-electron chi connectivity index (χ1n) is 7.19. The second kappa shape index (κ2) is 5.50. The zero-order chi connectivity index (χ0) is 15.6. The Kier molecular flexibility index (Phi) is 3.52. The van der Waals surface area contributed by atoms with Gasteiger partial charge in [-0.1, -0.05) is 54.6 Å². The van der Waals surface area contributed by atoms with Gasteiger partial charge >= 0.3 is 0 Å². The minimum Gasteiger partial charge on any atom is -0.325 e. The van der Waals surface area contributed by atoms with Crippen molar-refractivity contribution in [3.05, 3.63) is 78.4 Å². The summed E-state index contributed by atoms with van der Waals surface area (Å²) in [7, 11) is 0. The summed E-state index contributed by atoms with van der Waals surface area (Å²) in [5, 5.41) is 12.3. The Bertz CT molecular complexity index is 761. The second-order valence-corrected chi connectivity index (χ2v) is 5.43. The number of nitrogens with zero attached hydrogens (tertiary/aromatic N) is 1. The highest BCUT2D eigenvalue weighted by atomic mass is 16.2. The number of benzene rings is 2. The van der Waals surface area contributed by atoms with Crippen LogP contribution in [0, 0.1) is 11.3 Å². The molecule has 0 saturated carbocycles. The van der Waals surface area contributed by atoms with Crippen LogP contribution in [0.15, 0.2) is 67.3 Å². The molecule has 3 heteroatoms. The summed E-state index contributed by atoms with van der Waals surface area (Å²) in [6.07, 6.45) is 1.88. The molecule has 22 heavy (non-hydrogen) atoms. The van der Waals surface area contributed by atoms with Crippen LogP contribution >= 0.6 is 0 Å². The number of nitriles is 1. The molecule has 3 rings (SSSR count). The fourth-order valence-corrected chi connectivity index (χ4v) is 3.34. The number of nitrogens with one attached hydrogen (secondary N) is 1. The number of rotatable bonds is 4. The molecule has 1 aliphatic heterocycles. The van der Waals surface area contributed by atoms with Gasteiger partial charge in [0.1, 0.15) is 0 Å². The van der Waals surface area contributed by atoms with Crippen molar-refractivity contribution < 1.29 is 4.79 Å². The van der Waals surface area contributed by atoms with Gasteiger partial charge in [-0.25, -0.2) is 0 Å². The van der Waals surface area contributed by atoms with Crippen LogP contribution in [0.5, 0.6) is 0 Å². The second-order valence-electron chi connectivity index (χ2n) is 5.43. The average molecular weight is 288 g/mol. The number of amides is 1. The van der Waals surface area contributed by atoms with Crippen molar-refractivity contribution >= 4 is 11.6 Å². The van der Waals surface area contributed by atoms with Crippen LogP contribution in [0.25, 0.3) is 0 Å². The summed E-state index contributed by atoms with van der Waals surface area (Å²) in [6.45, 7) is 3.93. The quantitative estimate of drug-likeness (QED) is 0.871. The van der Waals surface area contributed by atoms with E-state index in [1.54, 1.807) is 6.08 Å². The molecular weight excluding hydrogens is 272 g/mol. The highest BCUT2D eigenvalue weighted by Crippen LogP contribution is 2.49. The molecule has 1 N–H and O–H groups in total. The Morgan fingerprint density at radius 1 is 1.18 bits per heavy atom. The van der Waals surface area contributed by atoms with Crippen molar-refractivity contribution in [2.24, 2.45) is 0 Å². The van der Waals surface area contributed by atoms with Gasteiger partial charge in [-0.15, -0.1) is 6.58 Å². The van der Waals surface area contributed by atoms with Crippen molar-refractivity contribution in [1.29, 1.82) is 5.26 Å². The molecule has 0 unspecified atom stereocenters. The normalized spacial score (nSPS) is 20.6. The zero-order valence-electron chi connectivity index (χ0n) is 12.1. The molecule has 0 bridgehead atoms. The Morgan fingerprint density at radius 2 is 1.86 bits per heavy atom. The molecule has 0 aromatic heterocycles. The van der Waals surface area contributed by atoms with E-state index in [0.717, 1.165) is 16.8 Å². The predicted octanol–water partition coefficient (Wildman–Crippen LogP) is 3.76. The third-order valence-corrected chi connectivity index (χ3v) is 4.34. The maximum Gasteiger partial charge on any atom is 0.237 e. The monoisotopic (exact) mass is 288 g/mol. The number of hydrogen-bond donors (Lipinski definition) is 1. The maximum absolute atomic E-state index is 12.8. The van der Waals surface area contributed by atoms with Crippen molar-refractivity contribution in [3.8, 4) is 6.07 Å². The lowest BCUT2D eigenvalue weighted by Crippen LogP contribution is -2.39. The van der Waals surface area contributed by atoms with Crippen LogP contribution < -0.4 is 5.32 Å². The molecule has 0 fully saturated rings. The third-order valence-electron chi connectivity index (χ3n) is 4.34. The topological polar surface area (TPSA) is 52.9 Å². The molecule has 1 heterocycles. The Morgan fingerprint density at radius 3 is 2.55 bits per heavy atom. The fourth-order valence-electron chi connectivity index (χ4n) is 3.34. The summed E-state index contributed by atoms with van der Waals surface area (Å²) in [6, 6.07) is 19.5. The van der Waals surface area contributed by atoms with E-state index in [4.69, 9.17) is 0 Å². The number of anilines is 1. The average Bonchev–Trinajstić information content (AvgIpc) is 2.83. The first-order chi connectivity index (χ1) is 10.7. The Hall–Kier alpha value is -2.86. The van der Waals surface area contributed by atoms with Gasteiger partial charge < -0.3 is 5.32 Å². The molecule has 3 nitrogen and oxygen atoms in total. The van der Waals surface area contributed by atoms with Crippen LogP contribution in [0.2, 0.25) is 0 Å². The lowest BCUT2D eigenvalue weighted by molar-refractivity contribution is -0.121. The van der Waals surface area contributed by atoms with Crippen molar-refractivity contribution in [2.45, 2.75) is 17.8 Å². The molecule has 0 aliphatic carbocycles. The SMILES string of the molecule is C=C[C@H](c1ccccc1)[C@@]1(CC#N)C(=O)Nc2ccccc21. The number of carbonyl (C=O) groups is 1. The van der Waals surface area contributed by atoms with Gasteiger partial charge in [0, 0.05) is 11.6 Å². The Labute approximate surface area is 129 Å². The number of para-hydroxylation sites is 1. The summed E-state index contributed by atoms with van der Waals surface area (Å²) < 4.78 is 0. The smallest absolute Gasteiger partial charge is 0.237 e.